The lowest BCUT2D eigenvalue weighted by atomic mass is 10.3. The summed E-state index contributed by atoms with van der Waals surface area (Å²) in [5.41, 5.74) is 6.86. The minimum atomic E-state index is -0.285. The Hall–Kier alpha value is -2.21. The van der Waals surface area contributed by atoms with Crippen molar-refractivity contribution in [1.82, 2.24) is 9.78 Å². The highest BCUT2D eigenvalue weighted by Crippen LogP contribution is 2.14. The molecule has 96 valence electrons. The smallest absolute Gasteiger partial charge is 0.294 e. The summed E-state index contributed by atoms with van der Waals surface area (Å²) in [4.78, 5) is 11.9. The zero-order valence-electron chi connectivity index (χ0n) is 10.3. The van der Waals surface area contributed by atoms with Gasteiger partial charge in [0.05, 0.1) is 25.1 Å². The van der Waals surface area contributed by atoms with E-state index >= 15 is 0 Å². The molecule has 0 aliphatic rings. The number of rotatable bonds is 4. The van der Waals surface area contributed by atoms with Gasteiger partial charge in [0.15, 0.2) is 0 Å². The van der Waals surface area contributed by atoms with Crippen LogP contribution in [0.15, 0.2) is 29.1 Å². The van der Waals surface area contributed by atoms with Gasteiger partial charge in [-0.15, -0.1) is 0 Å². The highest BCUT2D eigenvalue weighted by Gasteiger charge is 2.11. The molecule has 6 heteroatoms. The Morgan fingerprint density at radius 3 is 2.50 bits per heavy atom. The summed E-state index contributed by atoms with van der Waals surface area (Å²) >= 11 is 0. The molecule has 0 spiro atoms. The van der Waals surface area contributed by atoms with Crippen LogP contribution in [0.25, 0.3) is 5.69 Å². The van der Waals surface area contributed by atoms with Gasteiger partial charge in [0.1, 0.15) is 11.4 Å². The average Bonchev–Trinajstić information content (AvgIpc) is 2.68. The minimum absolute atomic E-state index is 0.174. The number of nitrogen functional groups attached to an aromatic ring is 1. The number of anilines is 1. The van der Waals surface area contributed by atoms with E-state index in [9.17, 15) is 4.79 Å². The lowest BCUT2D eigenvalue weighted by Crippen LogP contribution is -2.16. The summed E-state index contributed by atoms with van der Waals surface area (Å²) in [5.74, 6) is 0.725. The molecular weight excluding hydrogens is 234 g/mol. The molecule has 1 aromatic carbocycles. The first-order chi connectivity index (χ1) is 8.67. The second-order valence-electron chi connectivity index (χ2n) is 3.78. The third-order valence-corrected chi connectivity index (χ3v) is 2.62. The third kappa shape index (κ3) is 2.10. The van der Waals surface area contributed by atoms with Gasteiger partial charge in [-0.2, -0.15) is 0 Å². The lowest BCUT2D eigenvalue weighted by Gasteiger charge is -2.03. The SMILES string of the molecule is COCc1[nH]n(-c2ccc(OC)cc2)c(=O)c1N. The number of aromatic nitrogens is 2. The summed E-state index contributed by atoms with van der Waals surface area (Å²) in [6.45, 7) is 0.268. The number of nitrogens with one attached hydrogen (secondary N) is 1. The van der Waals surface area contributed by atoms with Gasteiger partial charge in [0.25, 0.3) is 5.56 Å². The molecule has 0 saturated carbocycles. The Balaban J connectivity index is 2.43. The molecule has 6 nitrogen and oxygen atoms in total. The van der Waals surface area contributed by atoms with E-state index in [1.807, 2.05) is 0 Å². The number of nitrogens with zero attached hydrogens (tertiary/aromatic N) is 1. The number of hydrogen-bond acceptors (Lipinski definition) is 4. The predicted molar refractivity (Wildman–Crippen MR) is 68.1 cm³/mol. The normalized spacial score (nSPS) is 10.6. The highest BCUT2D eigenvalue weighted by molar-refractivity contribution is 5.45. The fraction of sp³-hybridized carbons (Fsp3) is 0.250. The van der Waals surface area contributed by atoms with Gasteiger partial charge in [-0.05, 0) is 24.3 Å². The number of hydrogen-bond donors (Lipinski definition) is 2. The van der Waals surface area contributed by atoms with Crippen molar-refractivity contribution in [3.63, 3.8) is 0 Å². The first-order valence-corrected chi connectivity index (χ1v) is 5.40. The molecule has 0 saturated heterocycles. The number of aromatic amines is 1. The van der Waals surface area contributed by atoms with Crippen molar-refractivity contribution < 1.29 is 9.47 Å². The molecule has 18 heavy (non-hydrogen) atoms. The molecule has 2 rings (SSSR count). The Morgan fingerprint density at radius 1 is 1.28 bits per heavy atom. The van der Waals surface area contributed by atoms with Crippen molar-refractivity contribution >= 4 is 5.69 Å². The maximum atomic E-state index is 11.9. The zero-order valence-corrected chi connectivity index (χ0v) is 10.3. The first kappa shape index (κ1) is 12.3. The maximum Gasteiger partial charge on any atom is 0.294 e. The number of benzene rings is 1. The first-order valence-electron chi connectivity index (χ1n) is 5.40. The van der Waals surface area contributed by atoms with Gasteiger partial charge in [0.2, 0.25) is 0 Å². The molecule has 0 unspecified atom stereocenters. The van der Waals surface area contributed by atoms with E-state index in [0.29, 0.717) is 11.4 Å². The van der Waals surface area contributed by atoms with Crippen molar-refractivity contribution in [3.05, 3.63) is 40.3 Å². The third-order valence-electron chi connectivity index (χ3n) is 2.62. The molecule has 0 amide bonds. The van der Waals surface area contributed by atoms with E-state index in [-0.39, 0.29) is 17.9 Å². The van der Waals surface area contributed by atoms with Crippen LogP contribution in [0, 0.1) is 0 Å². The summed E-state index contributed by atoms with van der Waals surface area (Å²) in [5, 5.41) is 2.92. The number of H-pyrrole nitrogens is 1. The summed E-state index contributed by atoms with van der Waals surface area (Å²) in [6, 6.07) is 7.09. The van der Waals surface area contributed by atoms with Crippen LogP contribution in [-0.2, 0) is 11.3 Å². The molecule has 0 radical (unpaired) electrons. The van der Waals surface area contributed by atoms with Crippen molar-refractivity contribution in [1.29, 1.82) is 0 Å². The molecule has 0 atom stereocenters. The topological polar surface area (TPSA) is 82.3 Å². The summed E-state index contributed by atoms with van der Waals surface area (Å²) in [7, 11) is 3.13. The Kier molecular flexibility index (Phi) is 3.38. The van der Waals surface area contributed by atoms with E-state index in [4.69, 9.17) is 15.2 Å². The fourth-order valence-corrected chi connectivity index (χ4v) is 1.66. The van der Waals surface area contributed by atoms with Crippen molar-refractivity contribution in [2.45, 2.75) is 6.61 Å². The van der Waals surface area contributed by atoms with Crippen LogP contribution in [0.3, 0.4) is 0 Å². The van der Waals surface area contributed by atoms with E-state index in [1.54, 1.807) is 38.5 Å². The van der Waals surface area contributed by atoms with Crippen molar-refractivity contribution in [2.24, 2.45) is 0 Å². The molecule has 0 bridgehead atoms. The van der Waals surface area contributed by atoms with Crippen LogP contribution >= 0.6 is 0 Å². The van der Waals surface area contributed by atoms with Gasteiger partial charge in [-0.3, -0.25) is 9.89 Å². The summed E-state index contributed by atoms with van der Waals surface area (Å²) < 4.78 is 11.4. The fourth-order valence-electron chi connectivity index (χ4n) is 1.66. The Bertz CT molecular complexity index is 584. The molecule has 1 heterocycles. The van der Waals surface area contributed by atoms with E-state index in [2.05, 4.69) is 5.10 Å². The van der Waals surface area contributed by atoms with Crippen molar-refractivity contribution in [2.75, 3.05) is 20.0 Å². The lowest BCUT2D eigenvalue weighted by molar-refractivity contribution is 0.181. The van der Waals surface area contributed by atoms with Gasteiger partial charge < -0.3 is 15.2 Å². The zero-order chi connectivity index (χ0) is 13.1. The van der Waals surface area contributed by atoms with E-state index < -0.39 is 0 Å². The van der Waals surface area contributed by atoms with Gasteiger partial charge in [-0.1, -0.05) is 0 Å². The molecule has 0 fully saturated rings. The predicted octanol–water partition coefficient (Wildman–Crippen LogP) is 0.903. The number of methoxy groups -OCH3 is 2. The van der Waals surface area contributed by atoms with Gasteiger partial charge in [-0.25, -0.2) is 4.68 Å². The monoisotopic (exact) mass is 249 g/mol. The molecule has 0 aliphatic heterocycles. The number of ether oxygens (including phenoxy) is 2. The quantitative estimate of drug-likeness (QED) is 0.843. The molecule has 1 aromatic heterocycles. The standard InChI is InChI=1S/C12H15N3O3/c1-17-7-10-11(13)12(16)15(14-10)8-3-5-9(18-2)6-4-8/h3-6,14H,7,13H2,1-2H3. The minimum Gasteiger partial charge on any atom is -0.497 e. The van der Waals surface area contributed by atoms with Crippen LogP contribution in [0.2, 0.25) is 0 Å². The maximum absolute atomic E-state index is 11.9. The van der Waals surface area contributed by atoms with Crippen LogP contribution in [0.1, 0.15) is 5.69 Å². The molecule has 2 aromatic rings. The second-order valence-corrected chi connectivity index (χ2v) is 3.78. The molecule has 3 N–H and O–H groups in total. The Morgan fingerprint density at radius 2 is 1.94 bits per heavy atom. The van der Waals surface area contributed by atoms with Crippen LogP contribution in [0.5, 0.6) is 5.75 Å². The van der Waals surface area contributed by atoms with Crippen molar-refractivity contribution in [3.8, 4) is 11.4 Å². The number of nitrogens with two attached hydrogens (primary N) is 1. The van der Waals surface area contributed by atoms with Crippen LogP contribution in [0.4, 0.5) is 5.69 Å². The average molecular weight is 249 g/mol. The van der Waals surface area contributed by atoms with E-state index in [0.717, 1.165) is 5.75 Å². The summed E-state index contributed by atoms with van der Waals surface area (Å²) in [6.07, 6.45) is 0. The molecular formula is C12H15N3O3. The van der Waals surface area contributed by atoms with Gasteiger partial charge >= 0.3 is 0 Å². The Labute approximate surface area is 104 Å². The van der Waals surface area contributed by atoms with Crippen LogP contribution < -0.4 is 16.0 Å². The molecule has 0 aliphatic carbocycles. The van der Waals surface area contributed by atoms with Crippen LogP contribution in [-0.4, -0.2) is 24.0 Å². The largest absolute Gasteiger partial charge is 0.497 e. The second kappa shape index (κ2) is 4.97. The highest BCUT2D eigenvalue weighted by atomic mass is 16.5. The van der Waals surface area contributed by atoms with E-state index in [1.165, 1.54) is 4.68 Å². The van der Waals surface area contributed by atoms with Gasteiger partial charge in [0, 0.05) is 7.11 Å².